The molecule has 4 aliphatic heterocycles. The first-order chi connectivity index (χ1) is 16.5. The first-order valence-corrected chi connectivity index (χ1v) is 11.2. The minimum absolute atomic E-state index is 0.0486. The number of esters is 1. The molecule has 0 bridgehead atoms. The van der Waals surface area contributed by atoms with Gasteiger partial charge in [0.15, 0.2) is 0 Å². The van der Waals surface area contributed by atoms with Crippen molar-refractivity contribution in [1.82, 2.24) is 24.8 Å². The van der Waals surface area contributed by atoms with Gasteiger partial charge in [0, 0.05) is 13.1 Å². The third-order valence-corrected chi connectivity index (χ3v) is 7.06. The van der Waals surface area contributed by atoms with Gasteiger partial charge in [0.25, 0.3) is 5.91 Å². The number of rotatable bonds is 4. The molecule has 2 aromatic rings. The van der Waals surface area contributed by atoms with Crippen LogP contribution in [0.15, 0.2) is 48.6 Å². The number of nitrogens with zero attached hydrogens (tertiary/aromatic N) is 5. The summed E-state index contributed by atoms with van der Waals surface area (Å²) in [7, 11) is 0. The van der Waals surface area contributed by atoms with Crippen LogP contribution in [0.2, 0.25) is 0 Å². The Labute approximate surface area is 194 Å². The molecule has 1 unspecified atom stereocenters. The molecule has 1 N–H and O–H groups in total. The second-order valence-corrected chi connectivity index (χ2v) is 8.84. The summed E-state index contributed by atoms with van der Waals surface area (Å²) in [5.74, 6) is -3.05. The van der Waals surface area contributed by atoms with Gasteiger partial charge < -0.3 is 24.4 Å². The normalized spacial score (nSPS) is 32.4. The molecule has 0 saturated carbocycles. The van der Waals surface area contributed by atoms with Crippen LogP contribution in [-0.4, -0.2) is 91.7 Å². The third kappa shape index (κ3) is 2.86. The maximum atomic E-state index is 13.9. The summed E-state index contributed by atoms with van der Waals surface area (Å²) in [5, 5.41) is 18.0. The number of fused-ring (bicyclic) bond motifs is 3. The summed E-state index contributed by atoms with van der Waals surface area (Å²) in [6.45, 7) is 0.123. The molecule has 0 aliphatic carbocycles. The maximum absolute atomic E-state index is 13.9. The van der Waals surface area contributed by atoms with Crippen molar-refractivity contribution in [3.63, 3.8) is 0 Å². The Bertz CT molecular complexity index is 1240. The minimum Gasteiger partial charge on any atom is -0.461 e. The molecule has 5 heterocycles. The molecule has 176 valence electrons. The zero-order valence-corrected chi connectivity index (χ0v) is 18.2. The predicted octanol–water partition coefficient (Wildman–Crippen LogP) is -0.527. The molecular weight excluding hydrogens is 442 g/mol. The number of amides is 2. The zero-order chi connectivity index (χ0) is 23.4. The molecule has 6 rings (SSSR count). The number of aliphatic hydroxyl groups excluding tert-OH is 1. The van der Waals surface area contributed by atoms with Crippen molar-refractivity contribution < 1.29 is 29.0 Å². The molecule has 1 spiro atoms. The van der Waals surface area contributed by atoms with Gasteiger partial charge in [-0.15, -0.1) is 5.10 Å². The minimum atomic E-state index is -1.33. The Kier molecular flexibility index (Phi) is 4.78. The number of hydrogen-bond donors (Lipinski definition) is 1. The predicted molar refractivity (Wildman–Crippen MR) is 116 cm³/mol. The second kappa shape index (κ2) is 7.74. The first kappa shape index (κ1) is 21.0. The topological polar surface area (TPSA) is 127 Å². The third-order valence-electron chi connectivity index (χ3n) is 7.06. The molecule has 2 fully saturated rings. The number of aliphatic hydroxyl groups is 1. The van der Waals surface area contributed by atoms with Crippen molar-refractivity contribution >= 4 is 28.8 Å². The van der Waals surface area contributed by atoms with Gasteiger partial charge in [0.1, 0.15) is 36.4 Å². The van der Waals surface area contributed by atoms with Crippen molar-refractivity contribution in [1.29, 1.82) is 0 Å². The zero-order valence-electron chi connectivity index (χ0n) is 18.2. The van der Waals surface area contributed by atoms with E-state index in [2.05, 4.69) is 10.3 Å². The summed E-state index contributed by atoms with van der Waals surface area (Å²) in [4.78, 5) is 43.2. The van der Waals surface area contributed by atoms with Gasteiger partial charge in [-0.25, -0.2) is 4.68 Å². The Morgan fingerprint density at radius 2 is 2.00 bits per heavy atom. The molecule has 2 amide bonds. The molecule has 0 radical (unpaired) electrons. The van der Waals surface area contributed by atoms with E-state index in [1.165, 1.54) is 4.90 Å². The number of likely N-dealkylation sites (tertiary alicyclic amines) is 1. The molecule has 4 aliphatic rings. The summed E-state index contributed by atoms with van der Waals surface area (Å²) in [5.41, 5.74) is 0.149. The van der Waals surface area contributed by atoms with Crippen LogP contribution in [-0.2, 0) is 30.5 Å². The van der Waals surface area contributed by atoms with Crippen LogP contribution in [0.1, 0.15) is 0 Å². The van der Waals surface area contributed by atoms with Crippen molar-refractivity contribution in [2.75, 3.05) is 26.3 Å². The van der Waals surface area contributed by atoms with Crippen LogP contribution in [0, 0.1) is 11.8 Å². The molecule has 1 aromatic carbocycles. The summed E-state index contributed by atoms with van der Waals surface area (Å²) < 4.78 is 13.3. The number of aromatic nitrogens is 3. The van der Waals surface area contributed by atoms with E-state index in [4.69, 9.17) is 9.47 Å². The Morgan fingerprint density at radius 3 is 2.85 bits per heavy atom. The molecule has 1 aromatic heterocycles. The van der Waals surface area contributed by atoms with Gasteiger partial charge in [-0.2, -0.15) is 0 Å². The highest BCUT2D eigenvalue weighted by Gasteiger charge is 2.71. The fraction of sp³-hybridized carbons (Fsp3) is 0.435. The fourth-order valence-corrected chi connectivity index (χ4v) is 5.67. The van der Waals surface area contributed by atoms with Crippen LogP contribution in [0.25, 0.3) is 11.0 Å². The Balaban J connectivity index is 1.40. The van der Waals surface area contributed by atoms with Crippen molar-refractivity contribution in [3.05, 3.63) is 48.6 Å². The fourth-order valence-electron chi connectivity index (χ4n) is 5.67. The SMILES string of the molecule is O=C1OCC=C[C@H]2OC34C=CCN(Cn5nnc6ccccc65)C(=O)[C@H]3N(CCO)C(=O)[C@@H]4[C@@H]12. The molecule has 11 nitrogen and oxygen atoms in total. The monoisotopic (exact) mass is 465 g/mol. The molecule has 5 atom stereocenters. The summed E-state index contributed by atoms with van der Waals surface area (Å²) in [6, 6.07) is 6.41. The van der Waals surface area contributed by atoms with Crippen molar-refractivity contribution in [2.24, 2.45) is 11.8 Å². The standard InChI is InChI=1S/C23H23N5O6/c29-11-10-27-19-21(31)26(13-28-15-6-2-1-5-14(15)24-25-28)9-4-8-23(19)18(20(27)30)17-16(34-23)7-3-12-33-22(17)32/h1-8,16-19,29H,9-13H2/t16-,17+,18+,19-,23?/m1/s1. The number of ether oxygens (including phenoxy) is 2. The highest BCUT2D eigenvalue weighted by atomic mass is 16.6. The lowest BCUT2D eigenvalue weighted by Crippen LogP contribution is -2.55. The Morgan fingerprint density at radius 1 is 1.15 bits per heavy atom. The maximum Gasteiger partial charge on any atom is 0.313 e. The van der Waals surface area contributed by atoms with Gasteiger partial charge in [-0.3, -0.25) is 14.4 Å². The van der Waals surface area contributed by atoms with E-state index < -0.39 is 41.5 Å². The lowest BCUT2D eigenvalue weighted by molar-refractivity contribution is -0.153. The van der Waals surface area contributed by atoms with E-state index in [1.807, 2.05) is 24.3 Å². The van der Waals surface area contributed by atoms with Gasteiger partial charge in [-0.05, 0) is 18.2 Å². The summed E-state index contributed by atoms with van der Waals surface area (Å²) in [6.07, 6.45) is 6.28. The number of benzene rings is 1. The van der Waals surface area contributed by atoms with Gasteiger partial charge in [-0.1, -0.05) is 35.6 Å². The van der Waals surface area contributed by atoms with Gasteiger partial charge in [0.05, 0.1) is 24.1 Å². The van der Waals surface area contributed by atoms with E-state index >= 15 is 0 Å². The molecule has 11 heteroatoms. The number of carbonyl (C=O) groups is 3. The van der Waals surface area contributed by atoms with Crippen molar-refractivity contribution in [2.45, 2.75) is 24.4 Å². The van der Waals surface area contributed by atoms with E-state index in [0.717, 1.165) is 5.52 Å². The lowest BCUT2D eigenvalue weighted by atomic mass is 9.78. The Hall–Kier alpha value is -3.57. The smallest absolute Gasteiger partial charge is 0.313 e. The number of β-amino-alcohol motifs (C(OH)–C–C–N with tert-alkyl or cyclic N) is 1. The average molecular weight is 465 g/mol. The van der Waals surface area contributed by atoms with Crippen LogP contribution < -0.4 is 0 Å². The van der Waals surface area contributed by atoms with Crippen LogP contribution in [0.3, 0.4) is 0 Å². The second-order valence-electron chi connectivity index (χ2n) is 8.84. The summed E-state index contributed by atoms with van der Waals surface area (Å²) >= 11 is 0. The molecular formula is C23H23N5O6. The van der Waals surface area contributed by atoms with E-state index in [-0.39, 0.29) is 38.9 Å². The first-order valence-electron chi connectivity index (χ1n) is 11.2. The van der Waals surface area contributed by atoms with Crippen LogP contribution in [0.5, 0.6) is 0 Å². The van der Waals surface area contributed by atoms with Crippen LogP contribution >= 0.6 is 0 Å². The number of hydrogen-bond acceptors (Lipinski definition) is 8. The largest absolute Gasteiger partial charge is 0.461 e. The van der Waals surface area contributed by atoms with Gasteiger partial charge in [0.2, 0.25) is 5.91 Å². The van der Waals surface area contributed by atoms with E-state index in [9.17, 15) is 19.5 Å². The van der Waals surface area contributed by atoms with Crippen molar-refractivity contribution in [3.8, 4) is 0 Å². The lowest BCUT2D eigenvalue weighted by Gasteiger charge is -2.35. The number of cyclic esters (lactones) is 1. The van der Waals surface area contributed by atoms with E-state index in [0.29, 0.717) is 5.52 Å². The van der Waals surface area contributed by atoms with E-state index in [1.54, 1.807) is 33.9 Å². The number of para-hydroxylation sites is 1. The van der Waals surface area contributed by atoms with Gasteiger partial charge >= 0.3 is 5.97 Å². The average Bonchev–Trinajstić information content (AvgIpc) is 3.37. The highest BCUT2D eigenvalue weighted by molar-refractivity contribution is 5.99. The molecule has 34 heavy (non-hydrogen) atoms. The van der Waals surface area contributed by atoms with Crippen LogP contribution in [0.4, 0.5) is 0 Å². The highest BCUT2D eigenvalue weighted by Crippen LogP contribution is 2.53. The quantitative estimate of drug-likeness (QED) is 0.472. The molecule has 2 saturated heterocycles. The number of carbonyl (C=O) groups excluding carboxylic acids is 3.